The van der Waals surface area contributed by atoms with Gasteiger partial charge in [0.1, 0.15) is 4.88 Å². The molecular formula is C30H46NO5PS. The van der Waals surface area contributed by atoms with E-state index in [2.05, 4.69) is 18.8 Å². The van der Waals surface area contributed by atoms with Crippen molar-refractivity contribution in [1.82, 2.24) is 0 Å². The van der Waals surface area contributed by atoms with E-state index >= 15 is 0 Å². The molecular weight excluding hydrogens is 517 g/mol. The summed E-state index contributed by atoms with van der Waals surface area (Å²) in [7, 11) is -2.61. The first-order valence-corrected chi connectivity index (χ1v) is 17.2. The zero-order chi connectivity index (χ0) is 28.1. The Balaban J connectivity index is 1.94. The molecule has 6 nitrogen and oxygen atoms in total. The molecule has 0 saturated heterocycles. The molecule has 2 aliphatic carbocycles. The van der Waals surface area contributed by atoms with Gasteiger partial charge in [0.05, 0.1) is 16.7 Å². The summed E-state index contributed by atoms with van der Waals surface area (Å²) >= 11 is 1.15. The average Bonchev–Trinajstić information content (AvgIpc) is 3.17. The van der Waals surface area contributed by atoms with E-state index in [0.29, 0.717) is 54.5 Å². The normalized spacial score (nSPS) is 24.7. The first kappa shape index (κ1) is 30.9. The zero-order valence-electron chi connectivity index (χ0n) is 24.0. The maximum Gasteiger partial charge on any atom is 0.348 e. The fourth-order valence-electron chi connectivity index (χ4n) is 5.50. The van der Waals surface area contributed by atoms with Gasteiger partial charge in [-0.05, 0) is 77.7 Å². The molecule has 2 fully saturated rings. The molecule has 1 amide bonds. The molecule has 2 unspecified atom stereocenters. The fraction of sp³-hybridized carbons (Fsp3) is 0.733. The van der Waals surface area contributed by atoms with Crippen molar-refractivity contribution in [3.05, 3.63) is 15.8 Å². The third-order valence-corrected chi connectivity index (χ3v) is 11.5. The van der Waals surface area contributed by atoms with Gasteiger partial charge >= 0.3 is 5.97 Å². The van der Waals surface area contributed by atoms with Crippen LogP contribution >= 0.6 is 18.7 Å². The monoisotopic (exact) mass is 563 g/mol. The number of anilines is 1. The minimum atomic E-state index is -2.61. The van der Waals surface area contributed by atoms with Crippen molar-refractivity contribution in [3.63, 3.8) is 0 Å². The Morgan fingerprint density at radius 3 is 2.32 bits per heavy atom. The maximum absolute atomic E-state index is 14.2. The van der Waals surface area contributed by atoms with Crippen LogP contribution in [0.15, 0.2) is 6.07 Å². The van der Waals surface area contributed by atoms with E-state index in [1.807, 2.05) is 45.6 Å². The van der Waals surface area contributed by atoms with Crippen LogP contribution in [-0.4, -0.2) is 41.5 Å². The highest BCUT2D eigenvalue weighted by Crippen LogP contribution is 2.49. The molecule has 0 radical (unpaired) electrons. The molecule has 212 valence electrons. The quantitative estimate of drug-likeness (QED) is 0.197. The van der Waals surface area contributed by atoms with Gasteiger partial charge in [0.25, 0.3) is 0 Å². The summed E-state index contributed by atoms with van der Waals surface area (Å²) < 4.78 is 19.0. The Bertz CT molecular complexity index is 1080. The minimum Gasteiger partial charge on any atom is -0.477 e. The number of amides is 1. The van der Waals surface area contributed by atoms with Gasteiger partial charge in [-0.2, -0.15) is 0 Å². The van der Waals surface area contributed by atoms with E-state index in [4.69, 9.17) is 4.52 Å². The lowest BCUT2D eigenvalue weighted by Crippen LogP contribution is -2.46. The molecule has 38 heavy (non-hydrogen) atoms. The second kappa shape index (κ2) is 13.2. The molecule has 8 heteroatoms. The standard InChI is InChI=1S/C30H46NO5PS/c1-7-37(35,8-2)36-24-16-14-23(15-17-24)31(28(32)22-11-9-10-21(3)12-13-22)26-20-25(18-19-30(4,5)6)38-27(26)29(33)34/h20-24H,7-17H2,1-6H3,(H,33,34). The predicted molar refractivity (Wildman–Crippen MR) is 157 cm³/mol. The lowest BCUT2D eigenvalue weighted by atomic mass is 9.89. The Morgan fingerprint density at radius 2 is 1.74 bits per heavy atom. The molecule has 1 aromatic rings. The Morgan fingerprint density at radius 1 is 1.08 bits per heavy atom. The largest absolute Gasteiger partial charge is 0.477 e. The number of aromatic carboxylic acids is 1. The number of hydrogen-bond acceptors (Lipinski definition) is 5. The van der Waals surface area contributed by atoms with Crippen LogP contribution in [0.4, 0.5) is 5.69 Å². The summed E-state index contributed by atoms with van der Waals surface area (Å²) in [6.07, 6.45) is 8.66. The van der Waals surface area contributed by atoms with Crippen LogP contribution in [0.3, 0.4) is 0 Å². The van der Waals surface area contributed by atoms with Crippen molar-refractivity contribution in [3.8, 4) is 11.8 Å². The Kier molecular flexibility index (Phi) is 10.7. The van der Waals surface area contributed by atoms with E-state index in [9.17, 15) is 19.3 Å². The molecule has 0 bridgehead atoms. The molecule has 2 atom stereocenters. The predicted octanol–water partition coefficient (Wildman–Crippen LogP) is 8.04. The summed E-state index contributed by atoms with van der Waals surface area (Å²) in [6, 6.07) is 1.71. The number of thiophene rings is 1. The maximum atomic E-state index is 14.2. The van der Waals surface area contributed by atoms with Crippen LogP contribution < -0.4 is 4.90 Å². The van der Waals surface area contributed by atoms with Crippen molar-refractivity contribution in [2.24, 2.45) is 17.3 Å². The number of rotatable bonds is 8. The first-order valence-electron chi connectivity index (χ1n) is 14.4. The van der Waals surface area contributed by atoms with E-state index in [0.717, 1.165) is 43.4 Å². The number of nitrogens with zero attached hydrogens (tertiary/aromatic N) is 1. The SMILES string of the molecule is CCP(=O)(CC)OC1CCC(N(C(=O)C2CCCC(C)CC2)c2cc(C#CC(C)(C)C)sc2C(=O)O)CC1. The zero-order valence-corrected chi connectivity index (χ0v) is 25.8. The van der Waals surface area contributed by atoms with Gasteiger partial charge < -0.3 is 14.5 Å². The van der Waals surface area contributed by atoms with Crippen molar-refractivity contribution in [1.29, 1.82) is 0 Å². The molecule has 0 aliphatic heterocycles. The van der Waals surface area contributed by atoms with E-state index in [-0.39, 0.29) is 34.3 Å². The van der Waals surface area contributed by atoms with Crippen LogP contribution in [0, 0.1) is 29.1 Å². The van der Waals surface area contributed by atoms with Crippen molar-refractivity contribution >= 4 is 36.3 Å². The number of carbonyl (C=O) groups excluding carboxylic acids is 1. The van der Waals surface area contributed by atoms with Crippen molar-refractivity contribution < 1.29 is 23.8 Å². The summed E-state index contributed by atoms with van der Waals surface area (Å²) in [4.78, 5) is 29.2. The second-order valence-electron chi connectivity index (χ2n) is 12.1. The van der Waals surface area contributed by atoms with Crippen molar-refractivity contribution in [2.75, 3.05) is 17.2 Å². The van der Waals surface area contributed by atoms with Gasteiger partial charge in [-0.1, -0.05) is 45.5 Å². The van der Waals surface area contributed by atoms with Crippen LogP contribution in [0.5, 0.6) is 0 Å². The lowest BCUT2D eigenvalue weighted by molar-refractivity contribution is -0.123. The summed E-state index contributed by atoms with van der Waals surface area (Å²) in [6.45, 7) is 12.1. The Labute approximate surface area is 233 Å². The van der Waals surface area contributed by atoms with Crippen LogP contribution in [0.25, 0.3) is 0 Å². The summed E-state index contributed by atoms with van der Waals surface area (Å²) in [5, 5.41) is 10.1. The molecule has 0 aromatic carbocycles. The van der Waals surface area contributed by atoms with Crippen LogP contribution in [-0.2, 0) is 13.9 Å². The highest BCUT2D eigenvalue weighted by Gasteiger charge is 2.38. The molecule has 2 aliphatic rings. The summed E-state index contributed by atoms with van der Waals surface area (Å²) in [5.74, 6) is 5.89. The number of carbonyl (C=O) groups is 2. The van der Waals surface area contributed by atoms with Crippen molar-refractivity contribution in [2.45, 2.75) is 111 Å². The van der Waals surface area contributed by atoms with Gasteiger partial charge in [0.2, 0.25) is 13.3 Å². The average molecular weight is 564 g/mol. The van der Waals surface area contributed by atoms with Gasteiger partial charge in [0.15, 0.2) is 0 Å². The minimum absolute atomic E-state index is 0.0480. The fourth-order valence-corrected chi connectivity index (χ4v) is 7.84. The molecule has 1 heterocycles. The van der Waals surface area contributed by atoms with Gasteiger partial charge in [0, 0.05) is 29.7 Å². The van der Waals surface area contributed by atoms with Gasteiger partial charge in [-0.15, -0.1) is 11.3 Å². The highest BCUT2D eigenvalue weighted by molar-refractivity contribution is 7.58. The lowest BCUT2D eigenvalue weighted by Gasteiger charge is -2.39. The molecule has 3 rings (SSSR count). The second-order valence-corrected chi connectivity index (χ2v) is 16.3. The first-order chi connectivity index (χ1) is 17.9. The van der Waals surface area contributed by atoms with Crippen LogP contribution in [0.2, 0.25) is 0 Å². The number of carboxylic acids is 1. The number of carboxylic acid groups (broad SMARTS) is 1. The van der Waals surface area contributed by atoms with E-state index < -0.39 is 13.3 Å². The molecule has 1 aromatic heterocycles. The van der Waals surface area contributed by atoms with Crippen LogP contribution in [0.1, 0.15) is 114 Å². The van der Waals surface area contributed by atoms with E-state index in [1.165, 1.54) is 0 Å². The topological polar surface area (TPSA) is 83.9 Å². The smallest absolute Gasteiger partial charge is 0.348 e. The van der Waals surface area contributed by atoms with Gasteiger partial charge in [-0.25, -0.2) is 4.79 Å². The van der Waals surface area contributed by atoms with Gasteiger partial charge in [-0.3, -0.25) is 9.36 Å². The molecule has 1 N–H and O–H groups in total. The Hall–Kier alpha value is -1.61. The summed E-state index contributed by atoms with van der Waals surface area (Å²) in [5.41, 5.74) is 0.273. The van der Waals surface area contributed by atoms with E-state index in [1.54, 1.807) is 0 Å². The molecule has 2 saturated carbocycles. The third kappa shape index (κ3) is 8.20. The number of hydrogen-bond donors (Lipinski definition) is 1. The molecule has 0 spiro atoms. The highest BCUT2D eigenvalue weighted by atomic mass is 32.1. The third-order valence-electron chi connectivity index (χ3n) is 7.88.